The van der Waals surface area contributed by atoms with Crippen molar-refractivity contribution in [1.29, 1.82) is 0 Å². The van der Waals surface area contributed by atoms with Crippen molar-refractivity contribution in [2.24, 2.45) is 0 Å². The van der Waals surface area contributed by atoms with Crippen molar-refractivity contribution < 1.29 is 14.2 Å². The Morgan fingerprint density at radius 2 is 1.71 bits per heavy atom. The molecule has 0 saturated heterocycles. The van der Waals surface area contributed by atoms with Gasteiger partial charge in [-0.05, 0) is 45.9 Å². The summed E-state index contributed by atoms with van der Waals surface area (Å²) in [5, 5.41) is 0. The van der Waals surface area contributed by atoms with Gasteiger partial charge in [0.25, 0.3) is 0 Å². The van der Waals surface area contributed by atoms with E-state index < -0.39 is 0 Å². The lowest BCUT2D eigenvalue weighted by molar-refractivity contribution is -0.147. The predicted octanol–water partition coefficient (Wildman–Crippen LogP) is 2.96. The highest BCUT2D eigenvalue weighted by Gasteiger charge is 2.17. The molecule has 0 aliphatic rings. The number of hydrogen-bond acceptors (Lipinski definition) is 4. The second-order valence-electron chi connectivity index (χ2n) is 5.14. The minimum Gasteiger partial charge on any atom is -0.496 e. The summed E-state index contributed by atoms with van der Waals surface area (Å²) in [4.78, 5) is 2.27. The first-order chi connectivity index (χ1) is 10.1. The van der Waals surface area contributed by atoms with Gasteiger partial charge in [0.2, 0.25) is 0 Å². The van der Waals surface area contributed by atoms with Gasteiger partial charge in [-0.2, -0.15) is 0 Å². The third-order valence-corrected chi connectivity index (χ3v) is 3.60. The summed E-state index contributed by atoms with van der Waals surface area (Å²) in [5.74, 6) is 0.948. The van der Waals surface area contributed by atoms with Crippen LogP contribution in [0.15, 0.2) is 24.3 Å². The van der Waals surface area contributed by atoms with E-state index in [1.54, 1.807) is 7.11 Å². The molecule has 0 fully saturated rings. The van der Waals surface area contributed by atoms with Gasteiger partial charge in [0.1, 0.15) is 5.75 Å². The van der Waals surface area contributed by atoms with Gasteiger partial charge in [-0.1, -0.05) is 18.2 Å². The maximum absolute atomic E-state index is 5.61. The molecule has 1 aromatic rings. The summed E-state index contributed by atoms with van der Waals surface area (Å²) < 4.78 is 16.6. The second kappa shape index (κ2) is 9.77. The number of hydrogen-bond donors (Lipinski definition) is 0. The first-order valence-electron chi connectivity index (χ1n) is 7.67. The molecule has 120 valence electrons. The zero-order valence-electron chi connectivity index (χ0n) is 14.0. The summed E-state index contributed by atoms with van der Waals surface area (Å²) in [6.07, 6.45) is 0.774. The van der Waals surface area contributed by atoms with Crippen LogP contribution in [0.1, 0.15) is 26.3 Å². The summed E-state index contributed by atoms with van der Waals surface area (Å²) in [6, 6.07) is 8.55. The summed E-state index contributed by atoms with van der Waals surface area (Å²) >= 11 is 0. The molecule has 0 aromatic heterocycles. The van der Waals surface area contributed by atoms with Crippen molar-refractivity contribution in [3.05, 3.63) is 29.8 Å². The van der Waals surface area contributed by atoms with Crippen LogP contribution in [0.2, 0.25) is 0 Å². The number of ether oxygens (including phenoxy) is 3. The van der Waals surface area contributed by atoms with Crippen LogP contribution in [0.5, 0.6) is 5.75 Å². The predicted molar refractivity (Wildman–Crippen MR) is 85.8 cm³/mol. The maximum Gasteiger partial charge on any atom is 0.170 e. The molecule has 0 N–H and O–H groups in total. The van der Waals surface area contributed by atoms with Gasteiger partial charge in [0, 0.05) is 25.8 Å². The van der Waals surface area contributed by atoms with Gasteiger partial charge < -0.3 is 14.2 Å². The Hall–Kier alpha value is -1.10. The molecule has 0 saturated carbocycles. The number of rotatable bonds is 10. The molecule has 1 aromatic carbocycles. The largest absolute Gasteiger partial charge is 0.496 e. The van der Waals surface area contributed by atoms with Crippen molar-refractivity contribution in [3.63, 3.8) is 0 Å². The van der Waals surface area contributed by atoms with E-state index in [9.17, 15) is 0 Å². The normalized spacial score (nSPS) is 12.9. The van der Waals surface area contributed by atoms with Crippen LogP contribution >= 0.6 is 0 Å². The molecule has 1 unspecified atom stereocenters. The molecule has 0 amide bonds. The molecule has 21 heavy (non-hydrogen) atoms. The van der Waals surface area contributed by atoms with Crippen molar-refractivity contribution in [1.82, 2.24) is 4.90 Å². The van der Waals surface area contributed by atoms with Crippen LogP contribution < -0.4 is 4.74 Å². The Kier molecular flexibility index (Phi) is 8.35. The van der Waals surface area contributed by atoms with E-state index in [4.69, 9.17) is 14.2 Å². The Bertz CT molecular complexity index is 391. The van der Waals surface area contributed by atoms with Gasteiger partial charge in [0.05, 0.1) is 7.11 Å². The molecule has 1 rings (SSSR count). The maximum atomic E-state index is 5.61. The molecule has 0 aliphatic carbocycles. The van der Waals surface area contributed by atoms with Crippen molar-refractivity contribution in [2.45, 2.75) is 39.5 Å². The van der Waals surface area contributed by atoms with E-state index in [0.29, 0.717) is 19.3 Å². The van der Waals surface area contributed by atoms with E-state index in [-0.39, 0.29) is 6.29 Å². The third-order valence-electron chi connectivity index (χ3n) is 3.60. The van der Waals surface area contributed by atoms with E-state index in [1.165, 1.54) is 5.56 Å². The molecule has 0 heterocycles. The van der Waals surface area contributed by atoms with Crippen LogP contribution in [0, 0.1) is 0 Å². The average molecular weight is 295 g/mol. The van der Waals surface area contributed by atoms with Gasteiger partial charge in [0.15, 0.2) is 6.29 Å². The number of benzene rings is 1. The topological polar surface area (TPSA) is 30.9 Å². The van der Waals surface area contributed by atoms with Crippen LogP contribution in [-0.4, -0.2) is 51.1 Å². The highest BCUT2D eigenvalue weighted by molar-refractivity contribution is 5.33. The van der Waals surface area contributed by atoms with Crippen LogP contribution in [0.4, 0.5) is 0 Å². The zero-order chi connectivity index (χ0) is 15.7. The van der Waals surface area contributed by atoms with Gasteiger partial charge in [-0.15, -0.1) is 0 Å². The lowest BCUT2D eigenvalue weighted by Crippen LogP contribution is -2.39. The van der Waals surface area contributed by atoms with E-state index in [1.807, 2.05) is 32.0 Å². The molecule has 4 heteroatoms. The van der Waals surface area contributed by atoms with Crippen molar-refractivity contribution >= 4 is 0 Å². The minimum atomic E-state index is -0.162. The molecule has 0 aliphatic heterocycles. The first-order valence-corrected chi connectivity index (χ1v) is 7.67. The number of likely N-dealkylation sites (N-methyl/N-ethyl adjacent to an activating group) is 1. The molecular formula is C17H29NO3. The number of nitrogens with zero attached hydrogens (tertiary/aromatic N) is 1. The monoisotopic (exact) mass is 295 g/mol. The van der Waals surface area contributed by atoms with E-state index in [2.05, 4.69) is 24.9 Å². The number of para-hydroxylation sites is 1. The third kappa shape index (κ3) is 6.04. The Balaban J connectivity index is 2.58. The van der Waals surface area contributed by atoms with Crippen LogP contribution in [0.3, 0.4) is 0 Å². The second-order valence-corrected chi connectivity index (χ2v) is 5.14. The average Bonchev–Trinajstić information content (AvgIpc) is 2.48. The molecule has 1 atom stereocenters. The molecular weight excluding hydrogens is 266 g/mol. The fourth-order valence-electron chi connectivity index (χ4n) is 2.29. The fourth-order valence-corrected chi connectivity index (χ4v) is 2.29. The summed E-state index contributed by atoms with van der Waals surface area (Å²) in [6.45, 7) is 8.28. The minimum absolute atomic E-state index is 0.162. The Morgan fingerprint density at radius 1 is 1.10 bits per heavy atom. The zero-order valence-corrected chi connectivity index (χ0v) is 14.0. The highest BCUT2D eigenvalue weighted by Crippen LogP contribution is 2.20. The van der Waals surface area contributed by atoms with Gasteiger partial charge in [-0.3, -0.25) is 4.90 Å². The van der Waals surface area contributed by atoms with Gasteiger partial charge in [-0.25, -0.2) is 0 Å². The van der Waals surface area contributed by atoms with E-state index in [0.717, 1.165) is 18.7 Å². The lowest BCUT2D eigenvalue weighted by atomic mass is 10.1. The van der Waals surface area contributed by atoms with Gasteiger partial charge >= 0.3 is 0 Å². The smallest absolute Gasteiger partial charge is 0.170 e. The SMILES string of the molecule is CCOC(CN(C)C(C)Cc1ccccc1OC)OCC. The van der Waals surface area contributed by atoms with Crippen molar-refractivity contribution in [2.75, 3.05) is 33.9 Å². The Morgan fingerprint density at radius 3 is 2.29 bits per heavy atom. The molecule has 0 radical (unpaired) electrons. The summed E-state index contributed by atoms with van der Waals surface area (Å²) in [7, 11) is 3.82. The quantitative estimate of drug-likeness (QED) is 0.621. The van der Waals surface area contributed by atoms with Crippen LogP contribution in [-0.2, 0) is 15.9 Å². The van der Waals surface area contributed by atoms with Crippen LogP contribution in [0.25, 0.3) is 0 Å². The van der Waals surface area contributed by atoms with Crippen molar-refractivity contribution in [3.8, 4) is 5.75 Å². The first kappa shape index (κ1) is 18.0. The number of methoxy groups -OCH3 is 1. The standard InChI is InChI=1S/C17H29NO3/c1-6-20-17(21-7-2)13-18(4)14(3)12-15-10-8-9-11-16(15)19-5/h8-11,14,17H,6-7,12-13H2,1-5H3. The lowest BCUT2D eigenvalue weighted by Gasteiger charge is -2.29. The highest BCUT2D eigenvalue weighted by atomic mass is 16.7. The summed E-state index contributed by atoms with van der Waals surface area (Å²) in [5.41, 5.74) is 1.23. The molecule has 4 nitrogen and oxygen atoms in total. The fraction of sp³-hybridized carbons (Fsp3) is 0.647. The molecule has 0 bridgehead atoms. The Labute approximate surface area is 129 Å². The van der Waals surface area contributed by atoms with E-state index >= 15 is 0 Å². The molecule has 0 spiro atoms.